The lowest BCUT2D eigenvalue weighted by atomic mass is 10.1. The minimum absolute atomic E-state index is 0.197. The van der Waals surface area contributed by atoms with Gasteiger partial charge in [-0.1, -0.05) is 6.07 Å². The molecule has 0 saturated carbocycles. The van der Waals surface area contributed by atoms with E-state index in [9.17, 15) is 9.18 Å². The van der Waals surface area contributed by atoms with Crippen LogP contribution < -0.4 is 11.1 Å². The van der Waals surface area contributed by atoms with Crippen molar-refractivity contribution in [2.75, 3.05) is 6.54 Å². The largest absolute Gasteiger partial charge is 0.444 e. The summed E-state index contributed by atoms with van der Waals surface area (Å²) in [5.41, 5.74) is 5.92. The Morgan fingerprint density at radius 1 is 1.56 bits per heavy atom. The fraction of sp³-hybridized carbons (Fsp3) is 0.500. The van der Waals surface area contributed by atoms with Crippen LogP contribution in [0.3, 0.4) is 0 Å². The number of carbonyl (C=O) groups excluding carboxylic acids is 1. The lowest BCUT2D eigenvalue weighted by Crippen LogP contribution is -2.36. The van der Waals surface area contributed by atoms with E-state index < -0.39 is 23.7 Å². The molecule has 0 radical (unpaired) electrons. The molecular weight excluding hydrogens is 237 g/mol. The highest BCUT2D eigenvalue weighted by molar-refractivity contribution is 5.67. The van der Waals surface area contributed by atoms with E-state index in [4.69, 9.17) is 10.5 Å². The Morgan fingerprint density at radius 2 is 2.22 bits per heavy atom. The number of hydrogen-bond donors (Lipinski definition) is 2. The summed E-state index contributed by atoms with van der Waals surface area (Å²) in [5, 5.41) is 2.54. The smallest absolute Gasteiger partial charge is 0.407 e. The monoisotopic (exact) mass is 255 g/mol. The summed E-state index contributed by atoms with van der Waals surface area (Å²) in [4.78, 5) is 14.9. The van der Waals surface area contributed by atoms with Gasteiger partial charge in [0.1, 0.15) is 5.60 Å². The van der Waals surface area contributed by atoms with Crippen LogP contribution in [0.15, 0.2) is 18.3 Å². The van der Waals surface area contributed by atoms with E-state index >= 15 is 0 Å². The molecule has 1 rings (SSSR count). The maximum Gasteiger partial charge on any atom is 0.407 e. The van der Waals surface area contributed by atoms with Gasteiger partial charge in [-0.05, 0) is 32.4 Å². The van der Waals surface area contributed by atoms with Gasteiger partial charge in [-0.2, -0.15) is 4.39 Å². The van der Waals surface area contributed by atoms with Crippen LogP contribution in [-0.2, 0) is 4.74 Å². The zero-order valence-electron chi connectivity index (χ0n) is 10.7. The number of nitrogens with zero attached hydrogens (tertiary/aromatic N) is 1. The number of aromatic nitrogens is 1. The van der Waals surface area contributed by atoms with Gasteiger partial charge >= 0.3 is 6.09 Å². The quantitative estimate of drug-likeness (QED) is 0.806. The second-order valence-electron chi connectivity index (χ2n) is 4.90. The molecule has 1 unspecified atom stereocenters. The summed E-state index contributed by atoms with van der Waals surface area (Å²) in [7, 11) is 0. The Kier molecular flexibility index (Phi) is 4.61. The van der Waals surface area contributed by atoms with Gasteiger partial charge in [0.2, 0.25) is 5.95 Å². The van der Waals surface area contributed by atoms with Crippen LogP contribution >= 0.6 is 0 Å². The molecule has 0 aliphatic heterocycles. The Labute approximate surface area is 106 Å². The number of ether oxygens (including phenoxy) is 1. The number of carbonyl (C=O) groups is 1. The highest BCUT2D eigenvalue weighted by Gasteiger charge is 2.16. The maximum atomic E-state index is 12.6. The Balaban J connectivity index is 2.44. The third kappa shape index (κ3) is 5.09. The van der Waals surface area contributed by atoms with Crippen LogP contribution in [-0.4, -0.2) is 23.2 Å². The van der Waals surface area contributed by atoms with Crippen molar-refractivity contribution >= 4 is 6.09 Å². The molecule has 0 fully saturated rings. The average Bonchev–Trinajstić information content (AvgIpc) is 2.24. The summed E-state index contributed by atoms with van der Waals surface area (Å²) in [5.74, 6) is -0.564. The number of pyridine rings is 1. The van der Waals surface area contributed by atoms with Gasteiger partial charge in [-0.15, -0.1) is 0 Å². The van der Waals surface area contributed by atoms with Gasteiger partial charge in [0.25, 0.3) is 0 Å². The predicted molar refractivity (Wildman–Crippen MR) is 65.4 cm³/mol. The molecule has 0 aromatic carbocycles. The SMILES string of the molecule is CC(C)(C)OC(=O)NCC(N)c1ccc(F)nc1. The number of amides is 1. The molecule has 18 heavy (non-hydrogen) atoms. The van der Waals surface area contributed by atoms with Crippen LogP contribution in [0.2, 0.25) is 0 Å². The molecule has 100 valence electrons. The van der Waals surface area contributed by atoms with E-state index in [1.54, 1.807) is 20.8 Å². The first kappa shape index (κ1) is 14.4. The van der Waals surface area contributed by atoms with Gasteiger partial charge < -0.3 is 15.8 Å². The van der Waals surface area contributed by atoms with Crippen LogP contribution in [0.1, 0.15) is 32.4 Å². The summed E-state index contributed by atoms with van der Waals surface area (Å²) < 4.78 is 17.7. The molecule has 0 saturated heterocycles. The van der Waals surface area contributed by atoms with E-state index in [1.165, 1.54) is 18.3 Å². The van der Waals surface area contributed by atoms with Crippen molar-refractivity contribution in [3.63, 3.8) is 0 Å². The van der Waals surface area contributed by atoms with Gasteiger partial charge in [0.15, 0.2) is 0 Å². The van der Waals surface area contributed by atoms with Crippen LogP contribution in [0, 0.1) is 5.95 Å². The molecule has 0 spiro atoms. The Bertz CT molecular complexity index is 401. The Hall–Kier alpha value is -1.69. The average molecular weight is 255 g/mol. The second-order valence-corrected chi connectivity index (χ2v) is 4.90. The first-order chi connectivity index (χ1) is 8.28. The van der Waals surface area contributed by atoms with E-state index in [0.29, 0.717) is 5.56 Å². The standard InChI is InChI=1S/C12H18FN3O2/c1-12(2,3)18-11(17)16-7-9(14)8-4-5-10(13)15-6-8/h4-6,9H,7,14H2,1-3H3,(H,16,17). The van der Waals surface area contributed by atoms with E-state index in [-0.39, 0.29) is 6.54 Å². The zero-order chi connectivity index (χ0) is 13.8. The Morgan fingerprint density at radius 3 is 2.72 bits per heavy atom. The van der Waals surface area contributed by atoms with Crippen LogP contribution in [0.5, 0.6) is 0 Å². The second kappa shape index (κ2) is 5.77. The number of hydrogen-bond acceptors (Lipinski definition) is 4. The molecule has 1 amide bonds. The third-order valence-electron chi connectivity index (χ3n) is 2.04. The van der Waals surface area contributed by atoms with Crippen molar-refractivity contribution in [3.05, 3.63) is 29.8 Å². The first-order valence-corrected chi connectivity index (χ1v) is 5.62. The molecule has 0 bridgehead atoms. The van der Waals surface area contributed by atoms with Crippen LogP contribution in [0.25, 0.3) is 0 Å². The van der Waals surface area contributed by atoms with Gasteiger partial charge in [0, 0.05) is 18.8 Å². The molecule has 5 nitrogen and oxygen atoms in total. The summed E-state index contributed by atoms with van der Waals surface area (Å²) in [6, 6.07) is 2.30. The van der Waals surface area contributed by atoms with Gasteiger partial charge in [-0.3, -0.25) is 0 Å². The van der Waals surface area contributed by atoms with Crippen molar-refractivity contribution in [2.24, 2.45) is 5.73 Å². The predicted octanol–water partition coefficient (Wildman–Crippen LogP) is 1.75. The lowest BCUT2D eigenvalue weighted by Gasteiger charge is -2.20. The number of alkyl carbamates (subject to hydrolysis) is 1. The number of nitrogens with one attached hydrogen (secondary N) is 1. The molecule has 0 aliphatic rings. The van der Waals surface area contributed by atoms with Crippen LogP contribution in [0.4, 0.5) is 9.18 Å². The number of rotatable bonds is 3. The lowest BCUT2D eigenvalue weighted by molar-refractivity contribution is 0.0524. The van der Waals surface area contributed by atoms with Crippen molar-refractivity contribution < 1.29 is 13.9 Å². The first-order valence-electron chi connectivity index (χ1n) is 5.62. The summed E-state index contributed by atoms with van der Waals surface area (Å²) in [6.45, 7) is 5.52. The minimum Gasteiger partial charge on any atom is -0.444 e. The molecular formula is C12H18FN3O2. The molecule has 0 aliphatic carbocycles. The van der Waals surface area contributed by atoms with E-state index in [2.05, 4.69) is 10.3 Å². The molecule has 1 aromatic rings. The fourth-order valence-electron chi connectivity index (χ4n) is 1.23. The van der Waals surface area contributed by atoms with Gasteiger partial charge in [0.05, 0.1) is 0 Å². The summed E-state index contributed by atoms with van der Waals surface area (Å²) in [6.07, 6.45) is 0.810. The minimum atomic E-state index is -0.564. The number of nitrogens with two attached hydrogens (primary N) is 1. The third-order valence-corrected chi connectivity index (χ3v) is 2.04. The topological polar surface area (TPSA) is 77.2 Å². The van der Waals surface area contributed by atoms with E-state index in [0.717, 1.165) is 0 Å². The molecule has 1 aromatic heterocycles. The van der Waals surface area contributed by atoms with Crippen molar-refractivity contribution in [3.8, 4) is 0 Å². The molecule has 3 N–H and O–H groups in total. The van der Waals surface area contributed by atoms with Crippen molar-refractivity contribution in [2.45, 2.75) is 32.4 Å². The molecule has 1 atom stereocenters. The van der Waals surface area contributed by atoms with E-state index in [1.807, 2.05) is 0 Å². The van der Waals surface area contributed by atoms with Gasteiger partial charge in [-0.25, -0.2) is 9.78 Å². The van der Waals surface area contributed by atoms with Crippen molar-refractivity contribution in [1.29, 1.82) is 0 Å². The molecule has 6 heteroatoms. The summed E-state index contributed by atoms with van der Waals surface area (Å²) >= 11 is 0. The fourth-order valence-corrected chi connectivity index (χ4v) is 1.23. The maximum absolute atomic E-state index is 12.6. The highest BCUT2D eigenvalue weighted by Crippen LogP contribution is 2.09. The van der Waals surface area contributed by atoms with Crippen molar-refractivity contribution in [1.82, 2.24) is 10.3 Å². The highest BCUT2D eigenvalue weighted by atomic mass is 19.1. The normalized spacial score (nSPS) is 12.9. The number of halogens is 1. The zero-order valence-corrected chi connectivity index (χ0v) is 10.7. The molecule has 1 heterocycles.